The van der Waals surface area contributed by atoms with Crippen LogP contribution in [0, 0.1) is 6.92 Å². The minimum atomic E-state index is -0.365. The van der Waals surface area contributed by atoms with Crippen LogP contribution < -0.4 is 5.32 Å². The summed E-state index contributed by atoms with van der Waals surface area (Å²) in [5.74, 6) is 0.519. The summed E-state index contributed by atoms with van der Waals surface area (Å²) in [7, 11) is 0. The molecule has 0 aliphatic carbocycles. The van der Waals surface area contributed by atoms with Gasteiger partial charge in [0.15, 0.2) is 0 Å². The predicted molar refractivity (Wildman–Crippen MR) is 90.8 cm³/mol. The molecule has 6 nitrogen and oxygen atoms in total. The third kappa shape index (κ3) is 3.28. The Kier molecular flexibility index (Phi) is 4.72. The zero-order chi connectivity index (χ0) is 16.4. The molecule has 3 rings (SSSR count). The third-order valence-corrected chi connectivity index (χ3v) is 5.48. The lowest BCUT2D eigenvalue weighted by Crippen LogP contribution is -2.20. The molecule has 1 aliphatic heterocycles. The van der Waals surface area contributed by atoms with Gasteiger partial charge in [-0.15, -0.1) is 11.8 Å². The zero-order valence-electron chi connectivity index (χ0n) is 12.9. The number of aromatic nitrogens is 2. The van der Waals surface area contributed by atoms with Gasteiger partial charge in [-0.3, -0.25) is 9.59 Å². The highest BCUT2D eigenvalue weighted by atomic mass is 32.2. The molecule has 0 spiro atoms. The maximum absolute atomic E-state index is 12.0. The molecule has 23 heavy (non-hydrogen) atoms. The fourth-order valence-corrected chi connectivity index (χ4v) is 4.53. The largest absolute Gasteiger partial charge is 0.465 e. The number of nitrogens with one attached hydrogen (secondary N) is 1. The average molecular weight is 351 g/mol. The van der Waals surface area contributed by atoms with Crippen molar-refractivity contribution in [3.8, 4) is 0 Å². The molecule has 1 amide bonds. The van der Waals surface area contributed by atoms with Crippen molar-refractivity contribution in [2.45, 2.75) is 25.6 Å². The van der Waals surface area contributed by atoms with Crippen LogP contribution in [0.3, 0.4) is 0 Å². The highest BCUT2D eigenvalue weighted by molar-refractivity contribution is 8.00. The number of fused-ring (bicyclic) bond motifs is 1. The number of thioether (sulfide) groups is 1. The number of thiophene rings is 1. The summed E-state index contributed by atoms with van der Waals surface area (Å²) in [5.41, 5.74) is 2.93. The van der Waals surface area contributed by atoms with E-state index in [1.165, 1.54) is 4.68 Å². The number of anilines is 1. The molecule has 0 saturated carbocycles. The van der Waals surface area contributed by atoms with Gasteiger partial charge >= 0.3 is 5.97 Å². The van der Waals surface area contributed by atoms with E-state index in [4.69, 9.17) is 4.74 Å². The molecule has 0 unspecified atom stereocenters. The van der Waals surface area contributed by atoms with Crippen molar-refractivity contribution in [2.75, 3.05) is 17.7 Å². The van der Waals surface area contributed by atoms with Crippen LogP contribution >= 0.6 is 23.1 Å². The first-order chi connectivity index (χ1) is 11.1. The van der Waals surface area contributed by atoms with E-state index in [1.54, 1.807) is 30.0 Å². The Morgan fingerprint density at radius 2 is 2.39 bits per heavy atom. The second-order valence-electron chi connectivity index (χ2n) is 5.11. The minimum absolute atomic E-state index is 0.00861. The fourth-order valence-electron chi connectivity index (χ4n) is 2.58. The summed E-state index contributed by atoms with van der Waals surface area (Å²) in [6.07, 6.45) is 0. The van der Waals surface area contributed by atoms with Gasteiger partial charge < -0.3 is 10.1 Å². The molecular weight excluding hydrogens is 334 g/mol. The van der Waals surface area contributed by atoms with Gasteiger partial charge in [-0.2, -0.15) is 16.4 Å². The number of esters is 1. The molecule has 0 radical (unpaired) electrons. The smallest absolute Gasteiger partial charge is 0.327 e. The van der Waals surface area contributed by atoms with Crippen molar-refractivity contribution < 1.29 is 14.3 Å². The highest BCUT2D eigenvalue weighted by Gasteiger charge is 2.30. The third-order valence-electron chi connectivity index (χ3n) is 3.50. The number of hydrogen-bond donors (Lipinski definition) is 1. The lowest BCUT2D eigenvalue weighted by molar-refractivity contribution is -0.144. The first kappa shape index (κ1) is 16.1. The maximum Gasteiger partial charge on any atom is 0.327 e. The summed E-state index contributed by atoms with van der Waals surface area (Å²) in [6.45, 7) is 3.97. The van der Waals surface area contributed by atoms with Crippen molar-refractivity contribution in [3.05, 3.63) is 33.6 Å². The van der Waals surface area contributed by atoms with Crippen molar-refractivity contribution in [2.24, 2.45) is 0 Å². The highest BCUT2D eigenvalue weighted by Crippen LogP contribution is 2.43. The Bertz CT molecular complexity index is 725. The minimum Gasteiger partial charge on any atom is -0.465 e. The summed E-state index contributed by atoms with van der Waals surface area (Å²) in [6, 6.07) is 2.06. The molecule has 1 atom stereocenters. The predicted octanol–water partition coefficient (Wildman–Crippen LogP) is 2.59. The molecule has 0 aromatic carbocycles. The monoisotopic (exact) mass is 351 g/mol. The second kappa shape index (κ2) is 6.76. The van der Waals surface area contributed by atoms with Crippen LogP contribution in [-0.2, 0) is 20.9 Å². The van der Waals surface area contributed by atoms with Gasteiger partial charge in [0.25, 0.3) is 0 Å². The van der Waals surface area contributed by atoms with Crippen LogP contribution in [0.4, 0.5) is 5.82 Å². The summed E-state index contributed by atoms with van der Waals surface area (Å²) >= 11 is 3.20. The number of amides is 1. The van der Waals surface area contributed by atoms with E-state index in [-0.39, 0.29) is 23.7 Å². The molecule has 1 N–H and O–H groups in total. The summed E-state index contributed by atoms with van der Waals surface area (Å²) < 4.78 is 6.52. The molecule has 0 saturated heterocycles. The van der Waals surface area contributed by atoms with E-state index in [2.05, 4.69) is 21.9 Å². The standard InChI is InChI=1S/C15H17N3O3S2/c1-3-21-12(20)6-18-15-13(9(2)17-18)14(10-4-5-22-7-10)23-8-11(19)16-15/h4-5,7,14H,3,6,8H2,1-2H3,(H,16,19)/t14-/m0/s1. The van der Waals surface area contributed by atoms with Crippen molar-refractivity contribution in [3.63, 3.8) is 0 Å². The van der Waals surface area contributed by atoms with E-state index in [9.17, 15) is 9.59 Å². The van der Waals surface area contributed by atoms with E-state index >= 15 is 0 Å². The maximum atomic E-state index is 12.0. The molecule has 0 fully saturated rings. The summed E-state index contributed by atoms with van der Waals surface area (Å²) in [4.78, 5) is 23.8. The molecular formula is C15H17N3O3S2. The number of carbonyl (C=O) groups is 2. The molecule has 8 heteroatoms. The van der Waals surface area contributed by atoms with Gasteiger partial charge in [0.05, 0.1) is 23.3 Å². The number of nitrogens with zero attached hydrogens (tertiary/aromatic N) is 2. The molecule has 122 valence electrons. The van der Waals surface area contributed by atoms with Crippen LogP contribution in [0.15, 0.2) is 16.8 Å². The van der Waals surface area contributed by atoms with Gasteiger partial charge in [0, 0.05) is 5.56 Å². The lowest BCUT2D eigenvalue weighted by Gasteiger charge is -2.13. The quantitative estimate of drug-likeness (QED) is 0.857. The van der Waals surface area contributed by atoms with E-state index < -0.39 is 0 Å². The first-order valence-corrected chi connectivity index (χ1v) is 9.25. The lowest BCUT2D eigenvalue weighted by atomic mass is 10.1. The Morgan fingerprint density at radius 1 is 1.57 bits per heavy atom. The number of rotatable bonds is 4. The fraction of sp³-hybridized carbons (Fsp3) is 0.400. The topological polar surface area (TPSA) is 73.2 Å². The molecule has 3 heterocycles. The Balaban J connectivity index is 2.02. The van der Waals surface area contributed by atoms with E-state index in [1.807, 2.05) is 12.3 Å². The van der Waals surface area contributed by atoms with Crippen LogP contribution in [0.1, 0.15) is 29.0 Å². The van der Waals surface area contributed by atoms with E-state index in [0.29, 0.717) is 18.2 Å². The molecule has 2 aromatic rings. The Labute approximate surface area is 142 Å². The van der Waals surface area contributed by atoms with Crippen LogP contribution in [0.5, 0.6) is 0 Å². The molecule has 1 aliphatic rings. The van der Waals surface area contributed by atoms with Gasteiger partial charge in [-0.05, 0) is 36.2 Å². The number of hydrogen-bond acceptors (Lipinski definition) is 6. The van der Waals surface area contributed by atoms with Crippen molar-refractivity contribution in [1.29, 1.82) is 0 Å². The Morgan fingerprint density at radius 3 is 3.09 bits per heavy atom. The molecule has 2 aromatic heterocycles. The normalized spacial score (nSPS) is 17.3. The van der Waals surface area contributed by atoms with E-state index in [0.717, 1.165) is 16.8 Å². The van der Waals surface area contributed by atoms with Gasteiger partial charge in [0.1, 0.15) is 12.4 Å². The van der Waals surface area contributed by atoms with Gasteiger partial charge in [-0.25, -0.2) is 4.68 Å². The van der Waals surface area contributed by atoms with Crippen molar-refractivity contribution >= 4 is 40.8 Å². The zero-order valence-corrected chi connectivity index (χ0v) is 14.5. The SMILES string of the molecule is CCOC(=O)Cn1nc(C)c2c1NC(=O)CS[C@H]2c1ccsc1. The van der Waals surface area contributed by atoms with Crippen molar-refractivity contribution in [1.82, 2.24) is 9.78 Å². The number of ether oxygens (including phenoxy) is 1. The number of aryl methyl sites for hydroxylation is 1. The van der Waals surface area contributed by atoms with Crippen LogP contribution in [0.25, 0.3) is 0 Å². The van der Waals surface area contributed by atoms with Gasteiger partial charge in [0.2, 0.25) is 5.91 Å². The van der Waals surface area contributed by atoms with Crippen LogP contribution in [-0.4, -0.2) is 34.0 Å². The summed E-state index contributed by atoms with van der Waals surface area (Å²) in [5, 5.41) is 11.5. The first-order valence-electron chi connectivity index (χ1n) is 7.26. The molecule has 0 bridgehead atoms. The van der Waals surface area contributed by atoms with Crippen LogP contribution in [0.2, 0.25) is 0 Å². The number of carbonyl (C=O) groups excluding carboxylic acids is 2. The second-order valence-corrected chi connectivity index (χ2v) is 6.98. The van der Waals surface area contributed by atoms with Gasteiger partial charge in [-0.1, -0.05) is 0 Å². The Hall–Kier alpha value is -1.80. The average Bonchev–Trinajstić information content (AvgIpc) is 3.07.